The van der Waals surface area contributed by atoms with Crippen LogP contribution in [-0.2, 0) is 4.74 Å². The number of hydrogen-bond acceptors (Lipinski definition) is 4. The summed E-state index contributed by atoms with van der Waals surface area (Å²) in [5.41, 5.74) is 0.893. The Bertz CT molecular complexity index is 351. The van der Waals surface area contributed by atoms with E-state index in [1.807, 2.05) is 24.3 Å². The Hall–Kier alpha value is -1.10. The molecule has 0 aliphatic rings. The summed E-state index contributed by atoms with van der Waals surface area (Å²) in [4.78, 5) is 0. The Morgan fingerprint density at radius 2 is 1.79 bits per heavy atom. The number of aliphatic hydroxyl groups excluding tert-OH is 1. The Morgan fingerprint density at radius 3 is 2.26 bits per heavy atom. The van der Waals surface area contributed by atoms with Crippen LogP contribution in [0.1, 0.15) is 25.5 Å². The summed E-state index contributed by atoms with van der Waals surface area (Å²) in [6.45, 7) is 5.56. The number of nitrogens with one attached hydrogen (secondary N) is 1. The van der Waals surface area contributed by atoms with Crippen molar-refractivity contribution in [3.8, 4) is 5.75 Å². The molecule has 0 heterocycles. The van der Waals surface area contributed by atoms with Gasteiger partial charge < -0.3 is 19.9 Å². The molecule has 1 rings (SSSR count). The lowest BCUT2D eigenvalue weighted by Gasteiger charge is -2.28. The van der Waals surface area contributed by atoms with Crippen molar-refractivity contribution in [1.82, 2.24) is 5.32 Å². The van der Waals surface area contributed by atoms with Crippen LogP contribution in [0.25, 0.3) is 0 Å². The van der Waals surface area contributed by atoms with E-state index < -0.39 is 6.10 Å². The van der Waals surface area contributed by atoms with Crippen molar-refractivity contribution in [1.29, 1.82) is 0 Å². The van der Waals surface area contributed by atoms with E-state index in [-0.39, 0.29) is 6.04 Å². The molecule has 0 aliphatic heterocycles. The Balaban J connectivity index is 2.71. The van der Waals surface area contributed by atoms with Gasteiger partial charge in [0.1, 0.15) is 5.75 Å². The first-order chi connectivity index (χ1) is 9.10. The lowest BCUT2D eigenvalue weighted by molar-refractivity contribution is 0.0978. The van der Waals surface area contributed by atoms with Gasteiger partial charge in [-0.2, -0.15) is 0 Å². The smallest absolute Gasteiger partial charge is 0.118 e. The Kier molecular flexibility index (Phi) is 6.84. The third-order valence-electron chi connectivity index (χ3n) is 3.20. The number of methoxy groups -OCH3 is 2. The van der Waals surface area contributed by atoms with Gasteiger partial charge in [-0.3, -0.25) is 0 Å². The highest BCUT2D eigenvalue weighted by Gasteiger charge is 2.23. The van der Waals surface area contributed by atoms with E-state index in [4.69, 9.17) is 9.47 Å². The fourth-order valence-corrected chi connectivity index (χ4v) is 2.05. The quantitative estimate of drug-likeness (QED) is 0.707. The van der Waals surface area contributed by atoms with E-state index in [0.29, 0.717) is 12.5 Å². The van der Waals surface area contributed by atoms with Gasteiger partial charge in [-0.05, 0) is 23.6 Å². The zero-order valence-electron chi connectivity index (χ0n) is 12.2. The molecular weight excluding hydrogens is 242 g/mol. The average Bonchev–Trinajstić information content (AvgIpc) is 2.42. The van der Waals surface area contributed by atoms with Crippen LogP contribution < -0.4 is 10.1 Å². The minimum Gasteiger partial charge on any atom is -0.497 e. The first-order valence-electron chi connectivity index (χ1n) is 6.64. The van der Waals surface area contributed by atoms with Crippen LogP contribution in [0.5, 0.6) is 5.75 Å². The summed E-state index contributed by atoms with van der Waals surface area (Å²) in [6.07, 6.45) is -0.539. The summed E-state index contributed by atoms with van der Waals surface area (Å²) in [6, 6.07) is 7.53. The first-order valence-corrected chi connectivity index (χ1v) is 6.64. The summed E-state index contributed by atoms with van der Waals surface area (Å²) >= 11 is 0. The van der Waals surface area contributed by atoms with Gasteiger partial charge in [-0.1, -0.05) is 26.0 Å². The minimum atomic E-state index is -0.539. The fraction of sp³-hybridized carbons (Fsp3) is 0.600. The van der Waals surface area contributed by atoms with Crippen LogP contribution in [0.15, 0.2) is 24.3 Å². The highest BCUT2D eigenvalue weighted by Crippen LogP contribution is 2.23. The van der Waals surface area contributed by atoms with Crippen LogP contribution in [0.3, 0.4) is 0 Å². The molecule has 0 saturated carbocycles. The first kappa shape index (κ1) is 16.0. The van der Waals surface area contributed by atoms with Gasteiger partial charge in [-0.25, -0.2) is 0 Å². The van der Waals surface area contributed by atoms with Crippen molar-refractivity contribution in [3.63, 3.8) is 0 Å². The van der Waals surface area contributed by atoms with Gasteiger partial charge >= 0.3 is 0 Å². The number of ether oxygens (including phenoxy) is 2. The maximum atomic E-state index is 10.5. The zero-order chi connectivity index (χ0) is 14.3. The molecule has 0 amide bonds. The molecule has 0 radical (unpaired) electrons. The normalized spacial score (nSPS) is 14.4. The SMILES string of the molecule is COCCNC(C(C)C)C(O)c1ccc(OC)cc1. The van der Waals surface area contributed by atoms with Gasteiger partial charge in [0.05, 0.1) is 19.8 Å². The molecule has 0 aliphatic carbocycles. The van der Waals surface area contributed by atoms with E-state index in [0.717, 1.165) is 17.9 Å². The standard InChI is InChI=1S/C15H25NO3/c1-11(2)14(16-9-10-18-3)15(17)12-5-7-13(19-4)8-6-12/h5-8,11,14-17H,9-10H2,1-4H3. The van der Waals surface area contributed by atoms with Crippen LogP contribution in [-0.4, -0.2) is 38.5 Å². The summed E-state index contributed by atoms with van der Waals surface area (Å²) in [5, 5.41) is 13.8. The molecule has 1 aromatic rings. The molecule has 0 fully saturated rings. The van der Waals surface area contributed by atoms with Gasteiger partial charge in [0.2, 0.25) is 0 Å². The van der Waals surface area contributed by atoms with Gasteiger partial charge in [0.25, 0.3) is 0 Å². The van der Waals surface area contributed by atoms with Gasteiger partial charge in [0.15, 0.2) is 0 Å². The third kappa shape index (κ3) is 4.82. The molecule has 4 nitrogen and oxygen atoms in total. The topological polar surface area (TPSA) is 50.7 Å². The maximum absolute atomic E-state index is 10.5. The molecule has 1 aromatic carbocycles. The third-order valence-corrected chi connectivity index (χ3v) is 3.20. The monoisotopic (exact) mass is 267 g/mol. The van der Waals surface area contributed by atoms with Gasteiger partial charge in [-0.15, -0.1) is 0 Å². The molecule has 0 bridgehead atoms. The summed E-state index contributed by atoms with van der Waals surface area (Å²) in [7, 11) is 3.31. The van der Waals surface area contributed by atoms with Gasteiger partial charge in [0, 0.05) is 19.7 Å². The predicted octanol–water partition coefficient (Wildman–Crippen LogP) is 1.99. The molecule has 0 saturated heterocycles. The van der Waals surface area contributed by atoms with Crippen molar-refractivity contribution >= 4 is 0 Å². The molecule has 4 heteroatoms. The van der Waals surface area contributed by atoms with E-state index >= 15 is 0 Å². The second kappa shape index (κ2) is 8.15. The lowest BCUT2D eigenvalue weighted by atomic mass is 9.93. The van der Waals surface area contributed by atoms with Crippen molar-refractivity contribution in [2.75, 3.05) is 27.4 Å². The highest BCUT2D eigenvalue weighted by atomic mass is 16.5. The minimum absolute atomic E-state index is 0.00328. The van der Waals surface area contributed by atoms with Crippen LogP contribution in [0.2, 0.25) is 0 Å². The van der Waals surface area contributed by atoms with E-state index in [1.54, 1.807) is 14.2 Å². The lowest BCUT2D eigenvalue weighted by Crippen LogP contribution is -2.40. The molecule has 0 aromatic heterocycles. The van der Waals surface area contributed by atoms with E-state index in [2.05, 4.69) is 19.2 Å². The predicted molar refractivity (Wildman–Crippen MR) is 76.5 cm³/mol. The largest absolute Gasteiger partial charge is 0.497 e. The number of aliphatic hydroxyl groups is 1. The number of hydrogen-bond donors (Lipinski definition) is 2. The highest BCUT2D eigenvalue weighted by molar-refractivity contribution is 5.29. The number of rotatable bonds is 8. The maximum Gasteiger partial charge on any atom is 0.118 e. The van der Waals surface area contributed by atoms with Crippen LogP contribution >= 0.6 is 0 Å². The summed E-state index contributed by atoms with van der Waals surface area (Å²) in [5.74, 6) is 1.12. The fourth-order valence-electron chi connectivity index (χ4n) is 2.05. The van der Waals surface area contributed by atoms with Crippen LogP contribution in [0.4, 0.5) is 0 Å². The molecule has 108 valence electrons. The number of benzene rings is 1. The van der Waals surface area contributed by atoms with Crippen molar-refractivity contribution in [2.45, 2.75) is 26.0 Å². The van der Waals surface area contributed by atoms with Crippen molar-refractivity contribution in [3.05, 3.63) is 29.8 Å². The molecule has 19 heavy (non-hydrogen) atoms. The second-order valence-electron chi connectivity index (χ2n) is 4.93. The van der Waals surface area contributed by atoms with Crippen molar-refractivity contribution in [2.24, 2.45) is 5.92 Å². The van der Waals surface area contributed by atoms with E-state index in [9.17, 15) is 5.11 Å². The Morgan fingerprint density at radius 1 is 1.16 bits per heavy atom. The molecule has 2 N–H and O–H groups in total. The van der Waals surface area contributed by atoms with Crippen molar-refractivity contribution < 1.29 is 14.6 Å². The zero-order valence-corrected chi connectivity index (χ0v) is 12.2. The molecular formula is C15H25NO3. The Labute approximate surface area is 115 Å². The molecule has 2 atom stereocenters. The molecule has 2 unspecified atom stereocenters. The second-order valence-corrected chi connectivity index (χ2v) is 4.93. The average molecular weight is 267 g/mol. The summed E-state index contributed by atoms with van der Waals surface area (Å²) < 4.78 is 10.1. The molecule has 0 spiro atoms. The van der Waals surface area contributed by atoms with Crippen LogP contribution in [0, 0.1) is 5.92 Å². The van der Waals surface area contributed by atoms with E-state index in [1.165, 1.54) is 0 Å².